The molecule has 2 heterocycles. The van der Waals surface area contributed by atoms with Crippen LogP contribution in [-0.4, -0.2) is 36.6 Å². The molecular formula is C24H29NO3S. The summed E-state index contributed by atoms with van der Waals surface area (Å²) in [5.74, 6) is 0.172. The molecule has 2 aliphatic heterocycles. The van der Waals surface area contributed by atoms with Crippen molar-refractivity contribution in [2.75, 3.05) is 0 Å². The quantitative estimate of drug-likeness (QED) is 0.740. The smallest absolute Gasteiger partial charge is 0.223 e. The molecule has 2 atom stereocenters. The third-order valence-corrected chi connectivity index (χ3v) is 8.88. The van der Waals surface area contributed by atoms with E-state index in [1.54, 1.807) is 24.3 Å². The van der Waals surface area contributed by atoms with E-state index < -0.39 is 9.84 Å². The molecular weight excluding hydrogens is 382 g/mol. The van der Waals surface area contributed by atoms with Gasteiger partial charge in [-0.1, -0.05) is 36.4 Å². The van der Waals surface area contributed by atoms with Gasteiger partial charge in [0.1, 0.15) is 0 Å². The predicted octanol–water partition coefficient (Wildman–Crippen LogP) is 4.23. The molecule has 0 radical (unpaired) electrons. The monoisotopic (exact) mass is 411 g/mol. The van der Waals surface area contributed by atoms with Crippen molar-refractivity contribution in [1.29, 1.82) is 0 Å². The van der Waals surface area contributed by atoms with Gasteiger partial charge in [-0.05, 0) is 74.8 Å². The molecule has 2 aromatic rings. The van der Waals surface area contributed by atoms with Crippen LogP contribution in [0.3, 0.4) is 0 Å². The second kappa shape index (κ2) is 7.94. The van der Waals surface area contributed by atoms with Crippen LogP contribution in [0.1, 0.15) is 48.8 Å². The summed E-state index contributed by atoms with van der Waals surface area (Å²) < 4.78 is 26.1. The highest BCUT2D eigenvalue weighted by Gasteiger charge is 2.46. The standard InChI is InChI=1S/C24H29NO3S/c1-17-8-9-19(14-18(17)2)10-13-24(26)25-20-11-12-21(25)16-23(15-20)29(27,28)22-6-4-3-5-7-22/h3-9,14,20-21,23H,10-13,15-16H2,1-2H3. The van der Waals surface area contributed by atoms with Crippen LogP contribution >= 0.6 is 0 Å². The van der Waals surface area contributed by atoms with E-state index in [-0.39, 0.29) is 23.2 Å². The van der Waals surface area contributed by atoms with Crippen LogP contribution in [0.15, 0.2) is 53.4 Å². The molecule has 2 fully saturated rings. The molecule has 29 heavy (non-hydrogen) atoms. The van der Waals surface area contributed by atoms with E-state index in [2.05, 4.69) is 32.0 Å². The molecule has 2 bridgehead atoms. The maximum Gasteiger partial charge on any atom is 0.223 e. The summed E-state index contributed by atoms with van der Waals surface area (Å²) in [5, 5.41) is -0.383. The van der Waals surface area contributed by atoms with Crippen molar-refractivity contribution < 1.29 is 13.2 Å². The van der Waals surface area contributed by atoms with E-state index in [0.29, 0.717) is 24.2 Å². The van der Waals surface area contributed by atoms with E-state index in [9.17, 15) is 13.2 Å². The lowest BCUT2D eigenvalue weighted by Crippen LogP contribution is -2.49. The molecule has 4 rings (SSSR count). The molecule has 0 spiro atoms. The van der Waals surface area contributed by atoms with Gasteiger partial charge in [0.25, 0.3) is 0 Å². The predicted molar refractivity (Wildman–Crippen MR) is 115 cm³/mol. The summed E-state index contributed by atoms with van der Waals surface area (Å²) >= 11 is 0. The Balaban J connectivity index is 1.42. The number of fused-ring (bicyclic) bond motifs is 2. The number of sulfone groups is 1. The summed E-state index contributed by atoms with van der Waals surface area (Å²) in [6.45, 7) is 4.19. The summed E-state index contributed by atoms with van der Waals surface area (Å²) in [7, 11) is -3.34. The van der Waals surface area contributed by atoms with Gasteiger partial charge >= 0.3 is 0 Å². The van der Waals surface area contributed by atoms with Crippen LogP contribution in [0.5, 0.6) is 0 Å². The van der Waals surface area contributed by atoms with Gasteiger partial charge in [-0.2, -0.15) is 0 Å². The molecule has 2 aromatic carbocycles. The molecule has 0 N–H and O–H groups in total. The van der Waals surface area contributed by atoms with Gasteiger partial charge in [0.15, 0.2) is 9.84 Å². The van der Waals surface area contributed by atoms with E-state index in [4.69, 9.17) is 0 Å². The minimum Gasteiger partial charge on any atom is -0.337 e. The molecule has 0 aromatic heterocycles. The van der Waals surface area contributed by atoms with Crippen molar-refractivity contribution in [3.05, 3.63) is 65.2 Å². The molecule has 0 saturated carbocycles. The van der Waals surface area contributed by atoms with Gasteiger partial charge in [-0.3, -0.25) is 4.79 Å². The van der Waals surface area contributed by atoms with E-state index in [1.165, 1.54) is 16.7 Å². The number of carbonyl (C=O) groups excluding carboxylic acids is 1. The molecule has 2 aliphatic rings. The second-order valence-corrected chi connectivity index (χ2v) is 10.8. The Kier molecular flexibility index (Phi) is 5.52. The fraction of sp³-hybridized carbons (Fsp3) is 0.458. The third-order valence-electron chi connectivity index (χ3n) is 6.69. The van der Waals surface area contributed by atoms with Crippen molar-refractivity contribution in [3.63, 3.8) is 0 Å². The average molecular weight is 412 g/mol. The summed E-state index contributed by atoms with van der Waals surface area (Å²) in [4.78, 5) is 15.4. The van der Waals surface area contributed by atoms with Gasteiger partial charge in [0.2, 0.25) is 5.91 Å². The zero-order valence-corrected chi connectivity index (χ0v) is 18.0. The number of rotatable bonds is 5. The lowest BCUT2D eigenvalue weighted by atomic mass is 9.99. The van der Waals surface area contributed by atoms with Gasteiger partial charge < -0.3 is 4.90 Å². The lowest BCUT2D eigenvalue weighted by Gasteiger charge is -2.38. The average Bonchev–Trinajstić information content (AvgIpc) is 2.98. The molecule has 1 amide bonds. The van der Waals surface area contributed by atoms with Crippen LogP contribution < -0.4 is 0 Å². The van der Waals surface area contributed by atoms with Crippen LogP contribution in [0.4, 0.5) is 0 Å². The summed E-state index contributed by atoms with van der Waals surface area (Å²) in [6, 6.07) is 15.2. The zero-order chi connectivity index (χ0) is 20.6. The van der Waals surface area contributed by atoms with E-state index in [0.717, 1.165) is 19.3 Å². The minimum atomic E-state index is -3.34. The Morgan fingerprint density at radius 3 is 2.24 bits per heavy atom. The molecule has 0 aliphatic carbocycles. The number of nitrogens with zero attached hydrogens (tertiary/aromatic N) is 1. The number of aryl methyl sites for hydroxylation is 3. The zero-order valence-electron chi connectivity index (χ0n) is 17.2. The third kappa shape index (κ3) is 3.97. The number of hydrogen-bond acceptors (Lipinski definition) is 3. The fourth-order valence-corrected chi connectivity index (χ4v) is 6.80. The van der Waals surface area contributed by atoms with Crippen LogP contribution in [0.2, 0.25) is 0 Å². The highest BCUT2D eigenvalue weighted by molar-refractivity contribution is 7.92. The Morgan fingerprint density at radius 1 is 0.966 bits per heavy atom. The number of benzene rings is 2. The Labute approximate surface area is 173 Å². The maximum atomic E-state index is 13.0. The van der Waals surface area contributed by atoms with Gasteiger partial charge in [0.05, 0.1) is 10.1 Å². The van der Waals surface area contributed by atoms with Crippen molar-refractivity contribution in [1.82, 2.24) is 4.90 Å². The SMILES string of the molecule is Cc1ccc(CCC(=O)N2C3CCC2CC(S(=O)(=O)c2ccccc2)C3)cc1C. The van der Waals surface area contributed by atoms with E-state index >= 15 is 0 Å². The fourth-order valence-electron chi connectivity index (χ4n) is 4.93. The number of hydrogen-bond donors (Lipinski definition) is 0. The van der Waals surface area contributed by atoms with Crippen molar-refractivity contribution in [2.45, 2.75) is 74.6 Å². The van der Waals surface area contributed by atoms with E-state index in [1.807, 2.05) is 11.0 Å². The molecule has 4 nitrogen and oxygen atoms in total. The topological polar surface area (TPSA) is 54.5 Å². The normalized spacial score (nSPS) is 23.9. The first-order valence-electron chi connectivity index (χ1n) is 10.5. The second-order valence-electron chi connectivity index (χ2n) is 8.56. The highest BCUT2D eigenvalue weighted by atomic mass is 32.2. The van der Waals surface area contributed by atoms with Gasteiger partial charge in [-0.15, -0.1) is 0 Å². The summed E-state index contributed by atoms with van der Waals surface area (Å²) in [5.41, 5.74) is 3.71. The van der Waals surface area contributed by atoms with Crippen LogP contribution in [-0.2, 0) is 21.1 Å². The highest BCUT2D eigenvalue weighted by Crippen LogP contribution is 2.40. The molecule has 154 valence electrons. The number of amides is 1. The Hall–Kier alpha value is -2.14. The molecule has 2 unspecified atom stereocenters. The molecule has 5 heteroatoms. The Morgan fingerprint density at radius 2 is 1.62 bits per heavy atom. The van der Waals surface area contributed by atoms with Gasteiger partial charge in [0, 0.05) is 18.5 Å². The Bertz CT molecular complexity index is 986. The first kappa shape index (κ1) is 20.1. The van der Waals surface area contributed by atoms with Gasteiger partial charge in [-0.25, -0.2) is 8.42 Å². The summed E-state index contributed by atoms with van der Waals surface area (Å²) in [6.07, 6.45) is 4.18. The minimum absolute atomic E-state index is 0.0597. The molecule has 2 saturated heterocycles. The number of carbonyl (C=O) groups is 1. The van der Waals surface area contributed by atoms with Crippen LogP contribution in [0, 0.1) is 13.8 Å². The van der Waals surface area contributed by atoms with Crippen molar-refractivity contribution in [2.24, 2.45) is 0 Å². The lowest BCUT2D eigenvalue weighted by molar-refractivity contribution is -0.135. The first-order valence-corrected chi connectivity index (χ1v) is 12.1. The number of piperidine rings is 1. The van der Waals surface area contributed by atoms with Crippen molar-refractivity contribution >= 4 is 15.7 Å². The maximum absolute atomic E-state index is 13.0. The van der Waals surface area contributed by atoms with Crippen LogP contribution in [0.25, 0.3) is 0 Å². The largest absolute Gasteiger partial charge is 0.337 e. The first-order chi connectivity index (χ1) is 13.9. The van der Waals surface area contributed by atoms with Crippen molar-refractivity contribution in [3.8, 4) is 0 Å².